The number of nitrogens with one attached hydrogen (secondary N) is 1. The normalized spacial score (nSPS) is 12.8. The Bertz CT molecular complexity index is 539. The third-order valence-electron chi connectivity index (χ3n) is 4.04. The first-order chi connectivity index (χ1) is 14.3. The van der Waals surface area contributed by atoms with Crippen molar-refractivity contribution in [2.24, 2.45) is 0 Å². The molecule has 0 spiro atoms. The van der Waals surface area contributed by atoms with Crippen molar-refractivity contribution in [3.8, 4) is 0 Å². The summed E-state index contributed by atoms with van der Waals surface area (Å²) in [7, 11) is 0. The van der Waals surface area contributed by atoms with Gasteiger partial charge in [0.1, 0.15) is 0 Å². The van der Waals surface area contributed by atoms with E-state index in [0.717, 1.165) is 57.8 Å². The fourth-order valence-corrected chi connectivity index (χ4v) is 2.41. The number of rotatable bonds is 18. The zero-order chi connectivity index (χ0) is 21.3. The lowest BCUT2D eigenvalue weighted by Crippen LogP contribution is -2.23. The van der Waals surface area contributed by atoms with Crippen LogP contribution in [0.4, 0.5) is 0 Å². The van der Waals surface area contributed by atoms with E-state index in [9.17, 15) is 4.79 Å². The molecule has 3 heteroatoms. The summed E-state index contributed by atoms with van der Waals surface area (Å²) in [5.74, 6) is 0.0856. The zero-order valence-electron chi connectivity index (χ0n) is 18.3. The molecule has 0 aliphatic rings. The standard InChI is InChI=1S/C26H41NO2/c1-2-3-4-5-6-7-8-9-10-11-12-13-14-15-16-17-18-19-20-23-26(29)27-24-21-22-25-28/h3-4,6-7,9-10,12-13,15-16,18-19,28H,2,5,8,11,14,17,20-25H2,1H3,(H,27,29)/b4-3+,7-6+,10-9+,13-12+,16-15+,19-18+. The van der Waals surface area contributed by atoms with Crippen LogP contribution >= 0.6 is 0 Å². The van der Waals surface area contributed by atoms with Gasteiger partial charge in [-0.1, -0.05) is 79.8 Å². The molecule has 0 radical (unpaired) electrons. The van der Waals surface area contributed by atoms with Gasteiger partial charge in [-0.15, -0.1) is 0 Å². The molecule has 29 heavy (non-hydrogen) atoms. The highest BCUT2D eigenvalue weighted by atomic mass is 16.2. The van der Waals surface area contributed by atoms with Crippen molar-refractivity contribution in [2.45, 2.75) is 71.1 Å². The van der Waals surface area contributed by atoms with Crippen molar-refractivity contribution >= 4 is 5.91 Å². The molecular formula is C26H41NO2. The molecule has 0 aliphatic heterocycles. The topological polar surface area (TPSA) is 49.3 Å². The zero-order valence-corrected chi connectivity index (χ0v) is 18.3. The summed E-state index contributed by atoms with van der Waals surface area (Å²) in [6.07, 6.45) is 35.0. The van der Waals surface area contributed by atoms with Crippen LogP contribution in [0.25, 0.3) is 0 Å². The van der Waals surface area contributed by atoms with Crippen molar-refractivity contribution in [3.63, 3.8) is 0 Å². The van der Waals surface area contributed by atoms with Gasteiger partial charge in [0, 0.05) is 19.6 Å². The molecule has 0 aliphatic carbocycles. The van der Waals surface area contributed by atoms with Crippen LogP contribution in [-0.2, 0) is 4.79 Å². The summed E-state index contributed by atoms with van der Waals surface area (Å²) >= 11 is 0. The molecule has 0 aromatic rings. The predicted molar refractivity (Wildman–Crippen MR) is 127 cm³/mol. The Morgan fingerprint density at radius 3 is 1.59 bits per heavy atom. The molecule has 0 saturated heterocycles. The molecule has 2 N–H and O–H groups in total. The lowest BCUT2D eigenvalue weighted by Gasteiger charge is -2.02. The third-order valence-corrected chi connectivity index (χ3v) is 4.04. The highest BCUT2D eigenvalue weighted by molar-refractivity contribution is 5.75. The molecule has 162 valence electrons. The largest absolute Gasteiger partial charge is 0.396 e. The smallest absolute Gasteiger partial charge is 0.220 e. The van der Waals surface area contributed by atoms with E-state index in [0.29, 0.717) is 13.0 Å². The van der Waals surface area contributed by atoms with Crippen LogP contribution in [0.3, 0.4) is 0 Å². The second kappa shape index (κ2) is 23.9. The summed E-state index contributed by atoms with van der Waals surface area (Å²) in [6.45, 7) is 3.00. The monoisotopic (exact) mass is 399 g/mol. The number of carbonyl (C=O) groups is 1. The van der Waals surface area contributed by atoms with Gasteiger partial charge in [-0.05, 0) is 57.8 Å². The molecule has 0 heterocycles. The van der Waals surface area contributed by atoms with Crippen molar-refractivity contribution in [1.29, 1.82) is 0 Å². The first kappa shape index (κ1) is 26.9. The molecular weight excluding hydrogens is 358 g/mol. The fourth-order valence-electron chi connectivity index (χ4n) is 2.41. The number of allylic oxidation sites excluding steroid dienone is 12. The van der Waals surface area contributed by atoms with Crippen LogP contribution in [-0.4, -0.2) is 24.2 Å². The van der Waals surface area contributed by atoms with Gasteiger partial charge in [-0.25, -0.2) is 0 Å². The van der Waals surface area contributed by atoms with Crippen LogP contribution in [0.2, 0.25) is 0 Å². The van der Waals surface area contributed by atoms with E-state index in [1.807, 2.05) is 0 Å². The van der Waals surface area contributed by atoms with Gasteiger partial charge in [0.05, 0.1) is 0 Å². The maximum atomic E-state index is 11.5. The second-order valence-corrected chi connectivity index (χ2v) is 6.73. The summed E-state index contributed by atoms with van der Waals surface area (Å²) in [5, 5.41) is 11.5. The van der Waals surface area contributed by atoms with Crippen molar-refractivity contribution in [2.75, 3.05) is 13.2 Å². The molecule has 0 saturated carbocycles. The van der Waals surface area contributed by atoms with Gasteiger partial charge in [-0.2, -0.15) is 0 Å². The van der Waals surface area contributed by atoms with Crippen molar-refractivity contribution < 1.29 is 9.90 Å². The van der Waals surface area contributed by atoms with E-state index in [2.05, 4.69) is 85.2 Å². The molecule has 0 aromatic heterocycles. The molecule has 0 fully saturated rings. The van der Waals surface area contributed by atoms with E-state index in [1.165, 1.54) is 0 Å². The van der Waals surface area contributed by atoms with E-state index in [1.54, 1.807) is 0 Å². The van der Waals surface area contributed by atoms with Gasteiger partial charge in [-0.3, -0.25) is 4.79 Å². The molecule has 1 amide bonds. The quantitative estimate of drug-likeness (QED) is 0.208. The second-order valence-electron chi connectivity index (χ2n) is 6.73. The maximum absolute atomic E-state index is 11.5. The minimum absolute atomic E-state index is 0.0856. The highest BCUT2D eigenvalue weighted by Crippen LogP contribution is 1.98. The Hall–Kier alpha value is -2.13. The van der Waals surface area contributed by atoms with Crippen LogP contribution in [0, 0.1) is 0 Å². The molecule has 0 bridgehead atoms. The lowest BCUT2D eigenvalue weighted by atomic mass is 10.2. The third kappa shape index (κ3) is 23.8. The van der Waals surface area contributed by atoms with Gasteiger partial charge in [0.2, 0.25) is 5.91 Å². The molecule has 0 unspecified atom stereocenters. The van der Waals surface area contributed by atoms with E-state index in [4.69, 9.17) is 5.11 Å². The number of hydrogen-bond acceptors (Lipinski definition) is 2. The number of unbranched alkanes of at least 4 members (excludes halogenated alkanes) is 1. The Morgan fingerprint density at radius 1 is 0.690 bits per heavy atom. The summed E-state index contributed by atoms with van der Waals surface area (Å²) in [5.41, 5.74) is 0. The van der Waals surface area contributed by atoms with E-state index < -0.39 is 0 Å². The minimum atomic E-state index is 0.0856. The first-order valence-electron chi connectivity index (χ1n) is 11.1. The molecule has 0 aromatic carbocycles. The lowest BCUT2D eigenvalue weighted by molar-refractivity contribution is -0.121. The van der Waals surface area contributed by atoms with Gasteiger partial charge >= 0.3 is 0 Å². The Balaban J connectivity index is 3.54. The van der Waals surface area contributed by atoms with Gasteiger partial charge < -0.3 is 10.4 Å². The van der Waals surface area contributed by atoms with Gasteiger partial charge in [0.25, 0.3) is 0 Å². The van der Waals surface area contributed by atoms with Gasteiger partial charge in [0.15, 0.2) is 0 Å². The number of hydrogen-bond donors (Lipinski definition) is 2. The van der Waals surface area contributed by atoms with Crippen LogP contribution in [0.5, 0.6) is 0 Å². The van der Waals surface area contributed by atoms with Crippen molar-refractivity contribution in [1.82, 2.24) is 5.32 Å². The van der Waals surface area contributed by atoms with Crippen LogP contribution in [0.15, 0.2) is 72.9 Å². The Morgan fingerprint density at radius 2 is 1.14 bits per heavy atom. The molecule has 3 nitrogen and oxygen atoms in total. The first-order valence-corrected chi connectivity index (χ1v) is 11.1. The average Bonchev–Trinajstić information content (AvgIpc) is 2.73. The summed E-state index contributed by atoms with van der Waals surface area (Å²) in [4.78, 5) is 11.5. The molecule has 0 atom stereocenters. The fraction of sp³-hybridized carbons (Fsp3) is 0.500. The number of amides is 1. The molecule has 0 rings (SSSR count). The summed E-state index contributed by atoms with van der Waals surface area (Å²) in [6, 6.07) is 0. The Labute approximate surface area is 178 Å². The minimum Gasteiger partial charge on any atom is -0.396 e. The number of aliphatic hydroxyl groups is 1. The highest BCUT2D eigenvalue weighted by Gasteiger charge is 1.97. The van der Waals surface area contributed by atoms with E-state index >= 15 is 0 Å². The SMILES string of the molecule is CC/C=C/C/C=C/C/C=C/C/C=C/C/C=C/C/C=C/CCC(=O)NCCCCO. The van der Waals surface area contributed by atoms with Crippen molar-refractivity contribution in [3.05, 3.63) is 72.9 Å². The predicted octanol–water partition coefficient (Wildman–Crippen LogP) is 6.35. The van der Waals surface area contributed by atoms with Crippen LogP contribution in [0.1, 0.15) is 71.1 Å². The number of carbonyl (C=O) groups excluding carboxylic acids is 1. The number of aliphatic hydroxyl groups excluding tert-OH is 1. The van der Waals surface area contributed by atoms with Crippen LogP contribution < -0.4 is 5.32 Å². The van der Waals surface area contributed by atoms with E-state index in [-0.39, 0.29) is 12.5 Å². The summed E-state index contributed by atoms with van der Waals surface area (Å²) < 4.78 is 0. The maximum Gasteiger partial charge on any atom is 0.220 e. The average molecular weight is 400 g/mol. The Kier molecular flexibility index (Phi) is 22.2.